The summed E-state index contributed by atoms with van der Waals surface area (Å²) in [5, 5.41) is 8.93. The third kappa shape index (κ3) is 4.55. The van der Waals surface area contributed by atoms with Gasteiger partial charge in [-0.05, 0) is 31.5 Å². The molecule has 1 aromatic heterocycles. The molecule has 1 saturated heterocycles. The molecule has 0 saturated carbocycles. The van der Waals surface area contributed by atoms with Crippen LogP contribution in [-0.2, 0) is 13.1 Å². The molecule has 1 N–H and O–H groups in total. The van der Waals surface area contributed by atoms with Gasteiger partial charge in [-0.2, -0.15) is 0 Å². The number of nitrogens with zero attached hydrogens (tertiary/aromatic N) is 3. The largest absolute Gasteiger partial charge is 0.388 e. The van der Waals surface area contributed by atoms with E-state index in [1.165, 1.54) is 5.56 Å². The molecule has 2 atom stereocenters. The van der Waals surface area contributed by atoms with Crippen molar-refractivity contribution in [3.05, 3.63) is 65.5 Å². The molecular weight excluding hydrogens is 326 g/mol. The number of aromatic nitrogens is 1. The van der Waals surface area contributed by atoms with E-state index in [9.17, 15) is 4.79 Å². The van der Waals surface area contributed by atoms with E-state index in [0.29, 0.717) is 17.6 Å². The van der Waals surface area contributed by atoms with E-state index in [0.717, 1.165) is 31.9 Å². The molecule has 1 fully saturated rings. The molecule has 0 bridgehead atoms. The molecule has 1 aliphatic heterocycles. The summed E-state index contributed by atoms with van der Waals surface area (Å²) in [6.45, 7) is 7.86. The zero-order valence-electron chi connectivity index (χ0n) is 15.5. The van der Waals surface area contributed by atoms with Gasteiger partial charge in [-0.15, -0.1) is 0 Å². The predicted octanol–water partition coefficient (Wildman–Crippen LogP) is 2.35. The molecule has 26 heavy (non-hydrogen) atoms. The summed E-state index contributed by atoms with van der Waals surface area (Å²) in [4.78, 5) is 20.9. The number of aliphatic hydroxyl groups is 1. The molecule has 0 spiro atoms. The van der Waals surface area contributed by atoms with Gasteiger partial charge in [0, 0.05) is 50.0 Å². The zero-order chi connectivity index (χ0) is 18.5. The summed E-state index contributed by atoms with van der Waals surface area (Å²) in [7, 11) is 0. The molecule has 2 aromatic rings. The first kappa shape index (κ1) is 18.7. The maximum absolute atomic E-state index is 11.5. The van der Waals surface area contributed by atoms with E-state index in [1.807, 2.05) is 6.07 Å². The standard InChI is InChI=1S/C21H27N3O2/c1-16-11-23(13-18-6-4-3-5-7-18)12-17(2)24(16)14-20-9-8-19(10-22-20)21(26)15-25/h3-10,16-17,25H,11-15H2,1-2H3/t16-,17+. The molecule has 1 aliphatic rings. The fourth-order valence-electron chi connectivity index (χ4n) is 3.71. The van der Waals surface area contributed by atoms with Gasteiger partial charge in [0.25, 0.3) is 0 Å². The fourth-order valence-corrected chi connectivity index (χ4v) is 3.71. The monoisotopic (exact) mass is 353 g/mol. The second-order valence-electron chi connectivity index (χ2n) is 7.17. The number of carbonyl (C=O) groups is 1. The van der Waals surface area contributed by atoms with Gasteiger partial charge in [0.1, 0.15) is 6.61 Å². The van der Waals surface area contributed by atoms with Crippen LogP contribution in [-0.4, -0.2) is 57.5 Å². The van der Waals surface area contributed by atoms with Crippen LogP contribution in [0, 0.1) is 0 Å². The SMILES string of the molecule is C[C@@H]1CN(Cc2ccccc2)C[C@H](C)N1Cc1ccc(C(=O)CO)cn1. The van der Waals surface area contributed by atoms with Gasteiger partial charge in [-0.1, -0.05) is 30.3 Å². The summed E-state index contributed by atoms with van der Waals surface area (Å²) in [5.41, 5.74) is 2.77. The van der Waals surface area contributed by atoms with Crippen molar-refractivity contribution in [1.82, 2.24) is 14.8 Å². The van der Waals surface area contributed by atoms with Gasteiger partial charge in [-0.25, -0.2) is 0 Å². The minimum absolute atomic E-state index is 0.291. The Bertz CT molecular complexity index is 706. The van der Waals surface area contributed by atoms with Crippen molar-refractivity contribution in [1.29, 1.82) is 0 Å². The molecule has 3 rings (SSSR count). The number of ketones is 1. The molecular formula is C21H27N3O2. The number of carbonyl (C=O) groups excluding carboxylic acids is 1. The third-order valence-electron chi connectivity index (χ3n) is 5.06. The van der Waals surface area contributed by atoms with E-state index in [1.54, 1.807) is 12.3 Å². The van der Waals surface area contributed by atoms with Crippen LogP contribution >= 0.6 is 0 Å². The van der Waals surface area contributed by atoms with Gasteiger partial charge < -0.3 is 5.11 Å². The number of benzene rings is 1. The van der Waals surface area contributed by atoms with E-state index in [-0.39, 0.29) is 5.78 Å². The van der Waals surface area contributed by atoms with Crippen molar-refractivity contribution in [2.24, 2.45) is 0 Å². The highest BCUT2D eigenvalue weighted by Crippen LogP contribution is 2.20. The van der Waals surface area contributed by atoms with Crippen LogP contribution in [0.15, 0.2) is 48.7 Å². The number of aliphatic hydroxyl groups excluding tert-OH is 1. The second kappa shape index (κ2) is 8.54. The lowest BCUT2D eigenvalue weighted by Crippen LogP contribution is -2.55. The smallest absolute Gasteiger partial charge is 0.189 e. The van der Waals surface area contributed by atoms with Crippen molar-refractivity contribution in [2.45, 2.75) is 39.0 Å². The fraction of sp³-hybridized carbons (Fsp3) is 0.429. The van der Waals surface area contributed by atoms with Gasteiger partial charge in [0.05, 0.1) is 5.69 Å². The Morgan fingerprint density at radius 2 is 1.77 bits per heavy atom. The van der Waals surface area contributed by atoms with Gasteiger partial charge in [0.2, 0.25) is 0 Å². The summed E-state index contributed by atoms with van der Waals surface area (Å²) >= 11 is 0. The van der Waals surface area contributed by atoms with Crippen molar-refractivity contribution in [2.75, 3.05) is 19.7 Å². The van der Waals surface area contributed by atoms with E-state index >= 15 is 0 Å². The number of Topliss-reactive ketones (excluding diaryl/α,β-unsaturated/α-hetero) is 1. The number of rotatable bonds is 6. The molecule has 5 heteroatoms. The number of hydrogen-bond acceptors (Lipinski definition) is 5. The number of hydrogen-bond donors (Lipinski definition) is 1. The summed E-state index contributed by atoms with van der Waals surface area (Å²) in [6.07, 6.45) is 1.56. The van der Waals surface area contributed by atoms with Crippen molar-refractivity contribution >= 4 is 5.78 Å². The Balaban J connectivity index is 1.60. The average Bonchev–Trinajstić information content (AvgIpc) is 2.65. The van der Waals surface area contributed by atoms with Gasteiger partial charge >= 0.3 is 0 Å². The van der Waals surface area contributed by atoms with Crippen LogP contribution in [0.4, 0.5) is 0 Å². The minimum atomic E-state index is -0.474. The van der Waals surface area contributed by atoms with Crippen LogP contribution < -0.4 is 0 Å². The first-order valence-electron chi connectivity index (χ1n) is 9.18. The third-order valence-corrected chi connectivity index (χ3v) is 5.06. The summed E-state index contributed by atoms with van der Waals surface area (Å²) in [6, 6.07) is 15.1. The molecule has 0 amide bonds. The maximum atomic E-state index is 11.5. The molecule has 0 unspecified atom stereocenters. The Morgan fingerprint density at radius 1 is 1.08 bits per heavy atom. The van der Waals surface area contributed by atoms with Crippen LogP contribution in [0.2, 0.25) is 0 Å². The first-order valence-corrected chi connectivity index (χ1v) is 9.18. The predicted molar refractivity (Wildman–Crippen MR) is 102 cm³/mol. The van der Waals surface area contributed by atoms with Crippen LogP contribution in [0.3, 0.4) is 0 Å². The minimum Gasteiger partial charge on any atom is -0.388 e. The summed E-state index contributed by atoms with van der Waals surface area (Å²) < 4.78 is 0. The van der Waals surface area contributed by atoms with Crippen LogP contribution in [0.1, 0.15) is 35.5 Å². The summed E-state index contributed by atoms with van der Waals surface area (Å²) in [5.74, 6) is -0.291. The number of piperazine rings is 1. The number of pyridine rings is 1. The molecule has 0 aliphatic carbocycles. The highest BCUT2D eigenvalue weighted by molar-refractivity contribution is 5.96. The highest BCUT2D eigenvalue weighted by atomic mass is 16.3. The zero-order valence-corrected chi connectivity index (χ0v) is 15.5. The van der Waals surface area contributed by atoms with Gasteiger partial charge in [-0.3, -0.25) is 19.6 Å². The maximum Gasteiger partial charge on any atom is 0.189 e. The molecule has 138 valence electrons. The Morgan fingerprint density at radius 3 is 2.35 bits per heavy atom. The lowest BCUT2D eigenvalue weighted by Gasteiger charge is -2.44. The lowest BCUT2D eigenvalue weighted by atomic mass is 10.1. The topological polar surface area (TPSA) is 56.7 Å². The van der Waals surface area contributed by atoms with E-state index in [2.05, 4.69) is 59.0 Å². The normalized spacial score (nSPS) is 21.7. The van der Waals surface area contributed by atoms with E-state index < -0.39 is 6.61 Å². The van der Waals surface area contributed by atoms with Gasteiger partial charge in [0.15, 0.2) is 5.78 Å². The van der Waals surface area contributed by atoms with Crippen LogP contribution in [0.25, 0.3) is 0 Å². The second-order valence-corrected chi connectivity index (χ2v) is 7.17. The molecule has 0 radical (unpaired) electrons. The molecule has 5 nitrogen and oxygen atoms in total. The Kier molecular flexibility index (Phi) is 6.14. The first-order chi connectivity index (χ1) is 12.6. The van der Waals surface area contributed by atoms with E-state index in [4.69, 9.17) is 5.11 Å². The van der Waals surface area contributed by atoms with Crippen molar-refractivity contribution < 1.29 is 9.90 Å². The molecule has 1 aromatic carbocycles. The highest BCUT2D eigenvalue weighted by Gasteiger charge is 2.29. The average molecular weight is 353 g/mol. The van der Waals surface area contributed by atoms with Crippen molar-refractivity contribution in [3.63, 3.8) is 0 Å². The van der Waals surface area contributed by atoms with Crippen molar-refractivity contribution in [3.8, 4) is 0 Å². The quantitative estimate of drug-likeness (QED) is 0.808. The van der Waals surface area contributed by atoms with Crippen LogP contribution in [0.5, 0.6) is 0 Å². The Hall–Kier alpha value is -2.08. The molecule has 2 heterocycles. The lowest BCUT2D eigenvalue weighted by molar-refractivity contribution is 0.0282. The Labute approximate surface area is 155 Å².